The van der Waals surface area contributed by atoms with Crippen LogP contribution in [-0.2, 0) is 27.4 Å². The van der Waals surface area contributed by atoms with Crippen molar-refractivity contribution >= 4 is 12.1 Å². The zero-order valence-electron chi connectivity index (χ0n) is 18.5. The maximum absolute atomic E-state index is 12.4. The van der Waals surface area contributed by atoms with E-state index in [4.69, 9.17) is 13.9 Å². The molecule has 2 heterocycles. The lowest BCUT2D eigenvalue weighted by atomic mass is 10.1. The van der Waals surface area contributed by atoms with Crippen LogP contribution >= 0.6 is 0 Å². The molecule has 32 heavy (non-hydrogen) atoms. The fraction of sp³-hybridized carbons (Fsp3) is 0.500. The van der Waals surface area contributed by atoms with Crippen LogP contribution in [0.1, 0.15) is 55.8 Å². The quantitative estimate of drug-likeness (QED) is 0.571. The molecule has 0 aliphatic carbocycles. The van der Waals surface area contributed by atoms with E-state index in [0.717, 1.165) is 31.5 Å². The number of aliphatic hydroxyl groups excluding tert-OH is 1. The summed E-state index contributed by atoms with van der Waals surface area (Å²) in [6.07, 6.45) is 2.57. The van der Waals surface area contributed by atoms with Gasteiger partial charge in [-0.3, -0.25) is 4.90 Å². The molecule has 2 aromatic rings. The van der Waals surface area contributed by atoms with Gasteiger partial charge in [0.15, 0.2) is 6.04 Å². The molecule has 0 saturated carbocycles. The van der Waals surface area contributed by atoms with E-state index < -0.39 is 24.2 Å². The van der Waals surface area contributed by atoms with E-state index in [2.05, 4.69) is 10.2 Å². The number of alkyl carbamates (subject to hydrolysis) is 1. The lowest BCUT2D eigenvalue weighted by molar-refractivity contribution is -0.149. The van der Waals surface area contributed by atoms with Crippen molar-refractivity contribution in [3.63, 3.8) is 0 Å². The van der Waals surface area contributed by atoms with E-state index in [1.807, 2.05) is 30.3 Å². The molecule has 0 radical (unpaired) electrons. The van der Waals surface area contributed by atoms with Gasteiger partial charge in [-0.25, -0.2) is 9.59 Å². The molecule has 2 unspecified atom stereocenters. The maximum atomic E-state index is 12.4. The number of rotatable bonds is 9. The first kappa shape index (κ1) is 23.8. The highest BCUT2D eigenvalue weighted by molar-refractivity contribution is 5.82. The smallest absolute Gasteiger partial charge is 0.408 e. The zero-order chi connectivity index (χ0) is 22.8. The number of nitrogens with one attached hydrogen (secondary N) is 1. The van der Waals surface area contributed by atoms with Gasteiger partial charge in [-0.2, -0.15) is 0 Å². The number of benzene rings is 1. The van der Waals surface area contributed by atoms with E-state index in [1.165, 1.54) is 12.8 Å². The average molecular weight is 445 g/mol. The van der Waals surface area contributed by atoms with Crippen molar-refractivity contribution in [2.75, 3.05) is 19.7 Å². The van der Waals surface area contributed by atoms with Crippen molar-refractivity contribution in [1.82, 2.24) is 10.2 Å². The number of likely N-dealkylation sites (tertiary alicyclic amines) is 1. The van der Waals surface area contributed by atoms with E-state index in [1.54, 1.807) is 19.1 Å². The molecule has 1 fully saturated rings. The van der Waals surface area contributed by atoms with Crippen LogP contribution in [0.5, 0.6) is 0 Å². The second kappa shape index (κ2) is 12.3. The molecule has 0 bridgehead atoms. The van der Waals surface area contributed by atoms with Gasteiger partial charge >= 0.3 is 12.1 Å². The molecule has 1 saturated heterocycles. The Kier molecular flexibility index (Phi) is 9.13. The molecule has 3 rings (SSSR count). The minimum atomic E-state index is -1.41. The first-order chi connectivity index (χ1) is 15.6. The van der Waals surface area contributed by atoms with Crippen LogP contribution in [0.25, 0.3) is 0 Å². The summed E-state index contributed by atoms with van der Waals surface area (Å²) in [5, 5.41) is 13.2. The second-order valence-electron chi connectivity index (χ2n) is 7.88. The van der Waals surface area contributed by atoms with Crippen molar-refractivity contribution in [2.45, 2.75) is 57.9 Å². The van der Waals surface area contributed by atoms with Crippen molar-refractivity contribution in [2.24, 2.45) is 0 Å². The molecule has 1 aromatic carbocycles. The van der Waals surface area contributed by atoms with Crippen molar-refractivity contribution < 1.29 is 28.6 Å². The predicted octanol–water partition coefficient (Wildman–Crippen LogP) is 3.55. The SMILES string of the molecule is CCOC(=O)C(NC(=O)OCc1ccccc1)C(O)c1ccc(CN2CCCCCC2)o1. The van der Waals surface area contributed by atoms with Crippen molar-refractivity contribution in [3.8, 4) is 0 Å². The van der Waals surface area contributed by atoms with Crippen LogP contribution in [0.4, 0.5) is 4.79 Å². The molecule has 0 spiro atoms. The molecular weight excluding hydrogens is 412 g/mol. The number of furan rings is 1. The lowest BCUT2D eigenvalue weighted by Gasteiger charge is -2.21. The van der Waals surface area contributed by atoms with Gasteiger partial charge in [0.25, 0.3) is 0 Å². The van der Waals surface area contributed by atoms with Gasteiger partial charge in [-0.15, -0.1) is 0 Å². The summed E-state index contributed by atoms with van der Waals surface area (Å²) in [5.41, 5.74) is 0.806. The maximum Gasteiger partial charge on any atom is 0.408 e. The zero-order valence-corrected chi connectivity index (χ0v) is 18.5. The Balaban J connectivity index is 1.62. The number of hydrogen-bond acceptors (Lipinski definition) is 7. The topological polar surface area (TPSA) is 101 Å². The summed E-state index contributed by atoms with van der Waals surface area (Å²) < 4.78 is 16.0. The van der Waals surface area contributed by atoms with Crippen LogP contribution in [0.3, 0.4) is 0 Å². The Labute approximate surface area is 188 Å². The number of carbonyl (C=O) groups is 2. The third-order valence-electron chi connectivity index (χ3n) is 5.39. The molecule has 1 aliphatic heterocycles. The molecule has 1 amide bonds. The fourth-order valence-corrected chi connectivity index (χ4v) is 3.71. The molecule has 174 valence electrons. The third-order valence-corrected chi connectivity index (χ3v) is 5.39. The highest BCUT2D eigenvalue weighted by Gasteiger charge is 2.33. The summed E-state index contributed by atoms with van der Waals surface area (Å²) >= 11 is 0. The van der Waals surface area contributed by atoms with Crippen LogP contribution < -0.4 is 5.32 Å². The first-order valence-electron chi connectivity index (χ1n) is 11.2. The van der Waals surface area contributed by atoms with Gasteiger partial charge in [0.1, 0.15) is 24.2 Å². The van der Waals surface area contributed by atoms with Gasteiger partial charge in [-0.1, -0.05) is 43.2 Å². The molecule has 1 aromatic heterocycles. The van der Waals surface area contributed by atoms with Gasteiger partial charge in [0, 0.05) is 0 Å². The Bertz CT molecular complexity index is 845. The average Bonchev–Trinajstić information content (AvgIpc) is 3.11. The van der Waals surface area contributed by atoms with E-state index in [0.29, 0.717) is 12.3 Å². The number of esters is 1. The fourth-order valence-electron chi connectivity index (χ4n) is 3.71. The second-order valence-corrected chi connectivity index (χ2v) is 7.88. The number of amides is 1. The minimum Gasteiger partial charge on any atom is -0.464 e. The molecule has 8 heteroatoms. The summed E-state index contributed by atoms with van der Waals surface area (Å²) in [4.78, 5) is 27.0. The third kappa shape index (κ3) is 7.10. The summed E-state index contributed by atoms with van der Waals surface area (Å²) in [6.45, 7) is 4.47. The summed E-state index contributed by atoms with van der Waals surface area (Å²) in [6, 6.07) is 11.2. The van der Waals surface area contributed by atoms with Gasteiger partial charge in [0.05, 0.1) is 13.2 Å². The molecular formula is C24H32N2O6. The number of nitrogens with zero attached hydrogens (tertiary/aromatic N) is 1. The normalized spacial score (nSPS) is 16.6. The monoisotopic (exact) mass is 444 g/mol. The highest BCUT2D eigenvalue weighted by atomic mass is 16.6. The standard InChI is InChI=1S/C24H32N2O6/c1-2-30-23(28)21(25-24(29)31-17-18-10-6-5-7-11-18)22(27)20-13-12-19(32-20)16-26-14-8-3-4-9-15-26/h5-7,10-13,21-22,27H,2-4,8-9,14-17H2,1H3,(H,25,29). The molecule has 1 aliphatic rings. The van der Waals surface area contributed by atoms with Crippen molar-refractivity contribution in [1.29, 1.82) is 0 Å². The number of aliphatic hydroxyl groups is 1. The van der Waals surface area contributed by atoms with Gasteiger partial charge in [0.2, 0.25) is 0 Å². The Hall–Kier alpha value is -2.84. The lowest BCUT2D eigenvalue weighted by Crippen LogP contribution is -2.46. The Morgan fingerprint density at radius 3 is 2.47 bits per heavy atom. The largest absolute Gasteiger partial charge is 0.464 e. The Morgan fingerprint density at radius 1 is 1.06 bits per heavy atom. The van der Waals surface area contributed by atoms with Crippen molar-refractivity contribution in [3.05, 3.63) is 59.5 Å². The Morgan fingerprint density at radius 2 is 1.78 bits per heavy atom. The molecule has 2 N–H and O–H groups in total. The summed E-state index contributed by atoms with van der Waals surface area (Å²) in [7, 11) is 0. The molecule has 8 nitrogen and oxygen atoms in total. The molecule has 2 atom stereocenters. The number of carbonyl (C=O) groups excluding carboxylic acids is 2. The number of ether oxygens (including phenoxy) is 2. The van der Waals surface area contributed by atoms with E-state index >= 15 is 0 Å². The van der Waals surface area contributed by atoms with E-state index in [9.17, 15) is 14.7 Å². The van der Waals surface area contributed by atoms with Gasteiger partial charge in [-0.05, 0) is 50.6 Å². The van der Waals surface area contributed by atoms with Gasteiger partial charge < -0.3 is 24.3 Å². The van der Waals surface area contributed by atoms with Crippen LogP contribution in [0.2, 0.25) is 0 Å². The van der Waals surface area contributed by atoms with Crippen LogP contribution in [-0.4, -0.2) is 47.8 Å². The highest BCUT2D eigenvalue weighted by Crippen LogP contribution is 2.23. The predicted molar refractivity (Wildman–Crippen MR) is 118 cm³/mol. The first-order valence-corrected chi connectivity index (χ1v) is 11.2. The van der Waals surface area contributed by atoms with Crippen LogP contribution in [0.15, 0.2) is 46.9 Å². The minimum absolute atomic E-state index is 0.0407. The van der Waals surface area contributed by atoms with Crippen LogP contribution in [0, 0.1) is 0 Å². The summed E-state index contributed by atoms with van der Waals surface area (Å²) in [5.74, 6) is 0.133. The number of hydrogen-bond donors (Lipinski definition) is 2. The van der Waals surface area contributed by atoms with E-state index in [-0.39, 0.29) is 19.0 Å².